The number of carbonyl (C=O) groups is 1. The van der Waals surface area contributed by atoms with Gasteiger partial charge in [0.2, 0.25) is 0 Å². The highest BCUT2D eigenvalue weighted by Gasteiger charge is 2.17. The van der Waals surface area contributed by atoms with Crippen molar-refractivity contribution in [3.05, 3.63) is 65.2 Å². The summed E-state index contributed by atoms with van der Waals surface area (Å²) in [6, 6.07) is 17.2. The monoisotopic (exact) mass is 421 g/mol. The Kier molecular flexibility index (Phi) is 5.87. The third-order valence-corrected chi connectivity index (χ3v) is 6.20. The Hall–Kier alpha value is -2.77. The van der Waals surface area contributed by atoms with Crippen LogP contribution in [0, 0.1) is 6.92 Å². The molecule has 0 bridgehead atoms. The van der Waals surface area contributed by atoms with Gasteiger partial charge in [-0.05, 0) is 38.1 Å². The van der Waals surface area contributed by atoms with Gasteiger partial charge in [-0.25, -0.2) is 4.98 Å². The number of carbonyl (C=O) groups excluding carboxylic acids is 1. The van der Waals surface area contributed by atoms with Crippen molar-refractivity contribution in [3.63, 3.8) is 0 Å². The molecule has 0 unspecified atom stereocenters. The van der Waals surface area contributed by atoms with Gasteiger partial charge in [0.15, 0.2) is 5.78 Å². The highest BCUT2D eigenvalue weighted by atomic mass is 32.2. The highest BCUT2D eigenvalue weighted by molar-refractivity contribution is 8.00. The molecule has 5 nitrogen and oxygen atoms in total. The minimum Gasteiger partial charge on any atom is -0.494 e. The maximum absolute atomic E-state index is 12.6. The molecule has 0 aliphatic carbocycles. The summed E-state index contributed by atoms with van der Waals surface area (Å²) in [5.41, 5.74) is 3.30. The molecule has 0 fully saturated rings. The van der Waals surface area contributed by atoms with E-state index in [1.54, 1.807) is 23.5 Å². The van der Waals surface area contributed by atoms with Crippen LogP contribution in [0.3, 0.4) is 0 Å². The van der Waals surface area contributed by atoms with E-state index >= 15 is 0 Å². The number of fused-ring (bicyclic) bond motifs is 1. The summed E-state index contributed by atoms with van der Waals surface area (Å²) in [4.78, 5) is 17.2. The molecule has 146 valence electrons. The Labute approximate surface area is 177 Å². The van der Waals surface area contributed by atoms with E-state index in [2.05, 4.69) is 15.2 Å². The molecular formula is C22H19N3O2S2. The largest absolute Gasteiger partial charge is 0.494 e. The number of thiazole rings is 1. The van der Waals surface area contributed by atoms with E-state index in [1.807, 2.05) is 56.3 Å². The average Bonchev–Trinajstić information content (AvgIpc) is 3.14. The topological polar surface area (TPSA) is 65.0 Å². The molecule has 29 heavy (non-hydrogen) atoms. The summed E-state index contributed by atoms with van der Waals surface area (Å²) in [6.45, 7) is 4.50. The second-order valence-corrected chi connectivity index (χ2v) is 8.47. The number of benzene rings is 2. The standard InChI is InChI=1S/C22H19N3O2S2/c1-3-27-17-11-9-15(10-12-17)18(26)13-28-22-20-21(29-14(2)23-20)19(24-25-22)16-7-5-4-6-8-16/h4-12H,3,13H2,1-2H3. The summed E-state index contributed by atoms with van der Waals surface area (Å²) >= 11 is 2.97. The quantitative estimate of drug-likeness (QED) is 0.293. The van der Waals surface area contributed by atoms with E-state index in [9.17, 15) is 4.79 Å². The van der Waals surface area contributed by atoms with Crippen molar-refractivity contribution in [2.45, 2.75) is 18.9 Å². The summed E-state index contributed by atoms with van der Waals surface area (Å²) in [7, 11) is 0. The van der Waals surface area contributed by atoms with E-state index in [0.717, 1.165) is 32.2 Å². The van der Waals surface area contributed by atoms with Gasteiger partial charge in [-0.3, -0.25) is 4.79 Å². The molecule has 0 saturated carbocycles. The molecule has 2 aromatic carbocycles. The lowest BCUT2D eigenvalue weighted by Gasteiger charge is -2.06. The second-order valence-electron chi connectivity index (χ2n) is 6.30. The van der Waals surface area contributed by atoms with Gasteiger partial charge >= 0.3 is 0 Å². The van der Waals surface area contributed by atoms with Crippen LogP contribution in [0.5, 0.6) is 5.75 Å². The van der Waals surface area contributed by atoms with Crippen LogP contribution < -0.4 is 4.74 Å². The Morgan fingerprint density at radius 3 is 2.55 bits per heavy atom. The molecule has 4 rings (SSSR count). The molecule has 2 heterocycles. The fourth-order valence-corrected chi connectivity index (χ4v) is 4.73. The summed E-state index contributed by atoms with van der Waals surface area (Å²) < 4.78 is 6.43. The minimum atomic E-state index is 0.0343. The van der Waals surface area contributed by atoms with Crippen molar-refractivity contribution >= 4 is 39.1 Å². The van der Waals surface area contributed by atoms with E-state index in [-0.39, 0.29) is 11.5 Å². The number of hydrogen-bond acceptors (Lipinski definition) is 7. The Morgan fingerprint density at radius 1 is 1.07 bits per heavy atom. The van der Waals surface area contributed by atoms with Gasteiger partial charge in [0.1, 0.15) is 22.0 Å². The number of hydrogen-bond donors (Lipinski definition) is 0. The maximum Gasteiger partial charge on any atom is 0.173 e. The molecule has 0 amide bonds. The van der Waals surface area contributed by atoms with Gasteiger partial charge in [0.25, 0.3) is 0 Å². The van der Waals surface area contributed by atoms with Crippen molar-refractivity contribution in [1.29, 1.82) is 0 Å². The second kappa shape index (κ2) is 8.71. The molecule has 0 aliphatic heterocycles. The fraction of sp³-hybridized carbons (Fsp3) is 0.182. The fourth-order valence-electron chi connectivity index (χ4n) is 2.92. The SMILES string of the molecule is CCOc1ccc(C(=O)CSc2nnc(-c3ccccc3)c3sc(C)nc23)cc1. The van der Waals surface area contributed by atoms with Crippen LogP contribution in [0.15, 0.2) is 59.6 Å². The lowest BCUT2D eigenvalue weighted by Crippen LogP contribution is -2.03. The lowest BCUT2D eigenvalue weighted by molar-refractivity contribution is 0.102. The minimum absolute atomic E-state index is 0.0343. The van der Waals surface area contributed by atoms with Crippen LogP contribution in [-0.4, -0.2) is 33.3 Å². The first-order valence-corrected chi connectivity index (χ1v) is 11.0. The van der Waals surface area contributed by atoms with Crippen molar-refractivity contribution in [3.8, 4) is 17.0 Å². The highest BCUT2D eigenvalue weighted by Crippen LogP contribution is 2.35. The zero-order valence-corrected chi connectivity index (χ0v) is 17.7. The van der Waals surface area contributed by atoms with Crippen LogP contribution in [0.2, 0.25) is 0 Å². The van der Waals surface area contributed by atoms with Crippen LogP contribution in [0.4, 0.5) is 0 Å². The predicted molar refractivity (Wildman–Crippen MR) is 118 cm³/mol. The van der Waals surface area contributed by atoms with Gasteiger partial charge in [-0.1, -0.05) is 42.1 Å². The smallest absolute Gasteiger partial charge is 0.173 e. The van der Waals surface area contributed by atoms with Crippen LogP contribution in [-0.2, 0) is 0 Å². The number of Topliss-reactive ketones (excluding diaryl/α,β-unsaturated/α-hetero) is 1. The number of ether oxygens (including phenoxy) is 1. The molecule has 0 aliphatic rings. The van der Waals surface area contributed by atoms with Gasteiger partial charge in [0.05, 0.1) is 22.1 Å². The molecule has 0 radical (unpaired) electrons. The zero-order chi connectivity index (χ0) is 20.2. The number of thioether (sulfide) groups is 1. The van der Waals surface area contributed by atoms with Crippen LogP contribution in [0.25, 0.3) is 21.5 Å². The Morgan fingerprint density at radius 2 is 1.83 bits per heavy atom. The summed E-state index contributed by atoms with van der Waals surface area (Å²) in [6.07, 6.45) is 0. The summed E-state index contributed by atoms with van der Waals surface area (Å²) in [5, 5.41) is 10.5. The molecule has 0 atom stereocenters. The van der Waals surface area contributed by atoms with E-state index in [4.69, 9.17) is 4.74 Å². The van der Waals surface area contributed by atoms with Crippen molar-refractivity contribution in [1.82, 2.24) is 15.2 Å². The third kappa shape index (κ3) is 4.31. The van der Waals surface area contributed by atoms with Crippen LogP contribution >= 0.6 is 23.1 Å². The molecule has 0 saturated heterocycles. The van der Waals surface area contributed by atoms with Crippen molar-refractivity contribution < 1.29 is 9.53 Å². The Balaban J connectivity index is 1.56. The molecule has 0 N–H and O–H groups in total. The van der Waals surface area contributed by atoms with E-state index < -0.39 is 0 Å². The van der Waals surface area contributed by atoms with Gasteiger partial charge < -0.3 is 4.74 Å². The van der Waals surface area contributed by atoms with Crippen molar-refractivity contribution in [2.75, 3.05) is 12.4 Å². The third-order valence-electron chi connectivity index (χ3n) is 4.27. The molecule has 2 aromatic heterocycles. The van der Waals surface area contributed by atoms with Gasteiger partial charge in [-0.2, -0.15) is 0 Å². The van der Waals surface area contributed by atoms with E-state index in [1.165, 1.54) is 11.8 Å². The molecule has 4 aromatic rings. The number of aromatic nitrogens is 3. The maximum atomic E-state index is 12.6. The number of nitrogens with zero attached hydrogens (tertiary/aromatic N) is 3. The first-order chi connectivity index (χ1) is 14.2. The first kappa shape index (κ1) is 19.5. The lowest BCUT2D eigenvalue weighted by atomic mass is 10.1. The number of rotatable bonds is 7. The first-order valence-electron chi connectivity index (χ1n) is 9.24. The van der Waals surface area contributed by atoms with E-state index in [0.29, 0.717) is 17.2 Å². The zero-order valence-electron chi connectivity index (χ0n) is 16.1. The van der Waals surface area contributed by atoms with Crippen molar-refractivity contribution in [2.24, 2.45) is 0 Å². The van der Waals surface area contributed by atoms with Crippen LogP contribution in [0.1, 0.15) is 22.3 Å². The molecule has 0 spiro atoms. The normalized spacial score (nSPS) is 11.0. The predicted octanol–water partition coefficient (Wildman–Crippen LogP) is 5.44. The average molecular weight is 422 g/mol. The molecule has 7 heteroatoms. The van der Waals surface area contributed by atoms with Gasteiger partial charge in [0, 0.05) is 11.1 Å². The number of ketones is 1. The Bertz CT molecular complexity index is 1140. The van der Waals surface area contributed by atoms with Gasteiger partial charge in [-0.15, -0.1) is 21.5 Å². The number of aryl methyl sites for hydroxylation is 1. The molecular weight excluding hydrogens is 402 g/mol. The summed E-state index contributed by atoms with van der Waals surface area (Å²) in [5.74, 6) is 1.07.